The lowest BCUT2D eigenvalue weighted by Gasteiger charge is -2.13. The molecule has 21 heavy (non-hydrogen) atoms. The van der Waals surface area contributed by atoms with Gasteiger partial charge in [-0.1, -0.05) is 6.07 Å². The summed E-state index contributed by atoms with van der Waals surface area (Å²) in [5.74, 6) is 0.945. The van der Waals surface area contributed by atoms with Crippen molar-refractivity contribution in [2.24, 2.45) is 0 Å². The Morgan fingerprint density at radius 2 is 2.24 bits per heavy atom. The molecule has 3 aromatic rings. The van der Waals surface area contributed by atoms with Gasteiger partial charge in [0.1, 0.15) is 11.9 Å². The van der Waals surface area contributed by atoms with Crippen molar-refractivity contribution in [2.75, 3.05) is 13.1 Å². The molecule has 1 fully saturated rings. The Morgan fingerprint density at radius 3 is 3.05 bits per heavy atom. The van der Waals surface area contributed by atoms with Crippen molar-refractivity contribution >= 4 is 22.1 Å². The van der Waals surface area contributed by atoms with Crippen LogP contribution >= 0.6 is 11.3 Å². The van der Waals surface area contributed by atoms with E-state index >= 15 is 0 Å². The number of benzene rings is 1. The molecule has 4 heteroatoms. The fourth-order valence-corrected chi connectivity index (χ4v) is 3.52. The summed E-state index contributed by atoms with van der Waals surface area (Å²) in [6.07, 6.45) is 5.21. The standard InChI is InChI=1S/C17H16N2OS/c1-2-17(21-7-1)16-11-19-9-12-3-4-13(8-15(12)16)20-14-5-6-18-10-14/h1-4,7-9,11,14,18H,5-6,10H2/t14-/m0/s1. The molecule has 0 unspecified atom stereocenters. The lowest BCUT2D eigenvalue weighted by atomic mass is 10.1. The monoisotopic (exact) mass is 296 g/mol. The van der Waals surface area contributed by atoms with Crippen molar-refractivity contribution in [3.8, 4) is 16.2 Å². The number of aromatic nitrogens is 1. The Balaban J connectivity index is 1.76. The van der Waals surface area contributed by atoms with Crippen LogP contribution in [0.5, 0.6) is 5.75 Å². The number of fused-ring (bicyclic) bond motifs is 1. The highest BCUT2D eigenvalue weighted by molar-refractivity contribution is 7.13. The molecule has 0 aliphatic carbocycles. The number of rotatable bonds is 3. The van der Waals surface area contributed by atoms with Gasteiger partial charge in [0.05, 0.1) is 0 Å². The lowest BCUT2D eigenvalue weighted by molar-refractivity contribution is 0.223. The molecule has 0 saturated carbocycles. The second-order valence-electron chi connectivity index (χ2n) is 5.28. The van der Waals surface area contributed by atoms with Gasteiger partial charge in [-0.25, -0.2) is 0 Å². The maximum absolute atomic E-state index is 6.08. The summed E-state index contributed by atoms with van der Waals surface area (Å²) in [5, 5.41) is 7.78. The number of hydrogen-bond acceptors (Lipinski definition) is 4. The van der Waals surface area contributed by atoms with Crippen LogP contribution in [0, 0.1) is 0 Å². The van der Waals surface area contributed by atoms with Gasteiger partial charge in [0.25, 0.3) is 0 Å². The molecule has 1 aromatic carbocycles. The van der Waals surface area contributed by atoms with Crippen LogP contribution in [-0.4, -0.2) is 24.2 Å². The molecule has 3 heterocycles. The summed E-state index contributed by atoms with van der Waals surface area (Å²) in [4.78, 5) is 5.60. The van der Waals surface area contributed by atoms with Gasteiger partial charge in [-0.15, -0.1) is 11.3 Å². The molecule has 2 aromatic heterocycles. The van der Waals surface area contributed by atoms with Crippen molar-refractivity contribution in [1.29, 1.82) is 0 Å². The fraction of sp³-hybridized carbons (Fsp3) is 0.235. The van der Waals surface area contributed by atoms with Crippen molar-refractivity contribution in [3.05, 3.63) is 48.1 Å². The number of thiophene rings is 1. The van der Waals surface area contributed by atoms with E-state index in [1.165, 1.54) is 15.8 Å². The third-order valence-corrected chi connectivity index (χ3v) is 4.74. The van der Waals surface area contributed by atoms with Gasteiger partial charge in [0.15, 0.2) is 0 Å². The van der Waals surface area contributed by atoms with E-state index in [4.69, 9.17) is 4.74 Å². The average Bonchev–Trinajstić information content (AvgIpc) is 3.20. The minimum Gasteiger partial charge on any atom is -0.489 e. The molecule has 0 radical (unpaired) electrons. The molecule has 106 valence electrons. The van der Waals surface area contributed by atoms with Gasteiger partial charge < -0.3 is 10.1 Å². The van der Waals surface area contributed by atoms with Gasteiger partial charge >= 0.3 is 0 Å². The Morgan fingerprint density at radius 1 is 1.24 bits per heavy atom. The molecular formula is C17H16N2OS. The highest BCUT2D eigenvalue weighted by Gasteiger charge is 2.16. The predicted molar refractivity (Wildman–Crippen MR) is 87.0 cm³/mol. The minimum atomic E-state index is 0.287. The molecule has 0 bridgehead atoms. The van der Waals surface area contributed by atoms with Crippen LogP contribution in [0.4, 0.5) is 0 Å². The number of ether oxygens (including phenoxy) is 1. The van der Waals surface area contributed by atoms with E-state index in [0.717, 1.165) is 30.6 Å². The van der Waals surface area contributed by atoms with Crippen molar-refractivity contribution in [1.82, 2.24) is 10.3 Å². The summed E-state index contributed by atoms with van der Waals surface area (Å²) in [6, 6.07) is 10.5. The number of nitrogens with zero attached hydrogens (tertiary/aromatic N) is 1. The zero-order valence-electron chi connectivity index (χ0n) is 11.6. The Labute approximate surface area is 127 Å². The molecule has 3 nitrogen and oxygen atoms in total. The van der Waals surface area contributed by atoms with Gasteiger partial charge in [-0.2, -0.15) is 0 Å². The van der Waals surface area contributed by atoms with Crippen LogP contribution in [0.3, 0.4) is 0 Å². The predicted octanol–water partition coefficient (Wildman–Crippen LogP) is 3.70. The normalized spacial score (nSPS) is 18.2. The largest absolute Gasteiger partial charge is 0.489 e. The smallest absolute Gasteiger partial charge is 0.120 e. The second kappa shape index (κ2) is 5.47. The highest BCUT2D eigenvalue weighted by Crippen LogP contribution is 2.33. The Kier molecular flexibility index (Phi) is 3.33. The summed E-state index contributed by atoms with van der Waals surface area (Å²) >= 11 is 1.74. The van der Waals surface area contributed by atoms with E-state index in [1.807, 2.05) is 18.5 Å². The third kappa shape index (κ3) is 2.52. The first-order valence-electron chi connectivity index (χ1n) is 7.19. The van der Waals surface area contributed by atoms with E-state index in [1.54, 1.807) is 11.3 Å². The van der Waals surface area contributed by atoms with E-state index in [2.05, 4.69) is 39.9 Å². The number of hydrogen-bond donors (Lipinski definition) is 1. The maximum atomic E-state index is 6.08. The topological polar surface area (TPSA) is 34.1 Å². The Bertz CT molecular complexity index is 749. The zero-order chi connectivity index (χ0) is 14.1. The first-order valence-corrected chi connectivity index (χ1v) is 8.07. The molecule has 1 atom stereocenters. The maximum Gasteiger partial charge on any atom is 0.120 e. The minimum absolute atomic E-state index is 0.287. The van der Waals surface area contributed by atoms with Gasteiger partial charge in [0, 0.05) is 34.8 Å². The van der Waals surface area contributed by atoms with Crippen molar-refractivity contribution in [3.63, 3.8) is 0 Å². The van der Waals surface area contributed by atoms with Crippen molar-refractivity contribution < 1.29 is 4.74 Å². The highest BCUT2D eigenvalue weighted by atomic mass is 32.1. The molecule has 0 spiro atoms. The van der Waals surface area contributed by atoms with E-state index in [9.17, 15) is 0 Å². The first kappa shape index (κ1) is 12.8. The Hall–Kier alpha value is -1.91. The average molecular weight is 296 g/mol. The zero-order valence-corrected chi connectivity index (χ0v) is 12.4. The summed E-state index contributed by atoms with van der Waals surface area (Å²) in [7, 11) is 0. The number of pyridine rings is 1. The molecule has 1 aliphatic rings. The second-order valence-corrected chi connectivity index (χ2v) is 6.23. The van der Waals surface area contributed by atoms with Crippen LogP contribution in [-0.2, 0) is 0 Å². The molecule has 4 rings (SSSR count). The molecule has 1 N–H and O–H groups in total. The van der Waals surface area contributed by atoms with E-state index < -0.39 is 0 Å². The first-order chi connectivity index (χ1) is 10.4. The van der Waals surface area contributed by atoms with Gasteiger partial charge in [0.2, 0.25) is 0 Å². The fourth-order valence-electron chi connectivity index (χ4n) is 2.77. The van der Waals surface area contributed by atoms with Crippen molar-refractivity contribution in [2.45, 2.75) is 12.5 Å². The van der Waals surface area contributed by atoms with Crippen LogP contribution in [0.1, 0.15) is 6.42 Å². The lowest BCUT2D eigenvalue weighted by Crippen LogP contribution is -2.19. The summed E-state index contributed by atoms with van der Waals surface area (Å²) in [5.41, 5.74) is 1.18. The van der Waals surface area contributed by atoms with E-state index in [-0.39, 0.29) is 6.10 Å². The third-order valence-electron chi connectivity index (χ3n) is 3.84. The van der Waals surface area contributed by atoms with Crippen LogP contribution in [0.15, 0.2) is 48.1 Å². The molecular weight excluding hydrogens is 280 g/mol. The SMILES string of the molecule is c1csc(-c2cncc3ccc(O[C@H]4CCNC4)cc23)c1. The van der Waals surface area contributed by atoms with Gasteiger partial charge in [-0.3, -0.25) is 4.98 Å². The van der Waals surface area contributed by atoms with Gasteiger partial charge in [-0.05, 0) is 48.0 Å². The number of nitrogens with one attached hydrogen (secondary N) is 1. The summed E-state index contributed by atoms with van der Waals surface area (Å²) < 4.78 is 6.08. The summed E-state index contributed by atoms with van der Waals surface area (Å²) in [6.45, 7) is 1.98. The molecule has 1 saturated heterocycles. The molecule has 1 aliphatic heterocycles. The van der Waals surface area contributed by atoms with Crippen LogP contribution < -0.4 is 10.1 Å². The molecule has 0 amide bonds. The van der Waals surface area contributed by atoms with Crippen LogP contribution in [0.25, 0.3) is 21.2 Å². The van der Waals surface area contributed by atoms with Crippen LogP contribution in [0.2, 0.25) is 0 Å². The van der Waals surface area contributed by atoms with E-state index in [0.29, 0.717) is 0 Å². The quantitative estimate of drug-likeness (QED) is 0.800.